The molecule has 1 heterocycles. The van der Waals surface area contributed by atoms with Gasteiger partial charge in [-0.25, -0.2) is 9.78 Å². The minimum absolute atomic E-state index is 0.208. The summed E-state index contributed by atoms with van der Waals surface area (Å²) in [5.74, 6) is -1.76. The van der Waals surface area contributed by atoms with E-state index in [2.05, 4.69) is 10.3 Å². The highest BCUT2D eigenvalue weighted by Crippen LogP contribution is 2.25. The van der Waals surface area contributed by atoms with Gasteiger partial charge in [0.25, 0.3) is 5.91 Å². The molecule has 0 saturated heterocycles. The Morgan fingerprint density at radius 2 is 1.87 bits per heavy atom. The first-order valence-corrected chi connectivity index (χ1v) is 7.42. The Morgan fingerprint density at radius 3 is 2.43 bits per heavy atom. The Hall–Kier alpha value is -2.63. The summed E-state index contributed by atoms with van der Waals surface area (Å²) >= 11 is 0. The first-order chi connectivity index (χ1) is 10.8. The van der Waals surface area contributed by atoms with E-state index in [1.165, 1.54) is 0 Å². The molecule has 0 unspecified atom stereocenters. The molecule has 0 aliphatic heterocycles. The van der Waals surface area contributed by atoms with Crippen molar-refractivity contribution >= 4 is 28.5 Å². The second-order valence-corrected chi connectivity index (χ2v) is 5.97. The lowest BCUT2D eigenvalue weighted by molar-refractivity contribution is -0.140. The van der Waals surface area contributed by atoms with Crippen molar-refractivity contribution in [3.05, 3.63) is 36.0 Å². The van der Waals surface area contributed by atoms with Crippen molar-refractivity contribution in [1.82, 2.24) is 10.3 Å². The van der Waals surface area contributed by atoms with Gasteiger partial charge >= 0.3 is 5.97 Å². The molecular weight excluding hydrogens is 294 g/mol. The van der Waals surface area contributed by atoms with Crippen LogP contribution in [0.5, 0.6) is 0 Å². The number of carbonyl (C=O) groups is 2. The molecule has 0 radical (unpaired) electrons. The topological polar surface area (TPSA) is 82.5 Å². The summed E-state index contributed by atoms with van der Waals surface area (Å²) in [6.07, 6.45) is 0. The number of hydrogen-bond acceptors (Lipinski definition) is 4. The van der Waals surface area contributed by atoms with Crippen LogP contribution in [-0.2, 0) is 4.79 Å². The smallest absolute Gasteiger partial charge is 0.326 e. The molecule has 23 heavy (non-hydrogen) atoms. The number of rotatable bonds is 5. The number of nitrogens with one attached hydrogen (secondary N) is 1. The van der Waals surface area contributed by atoms with E-state index in [1.807, 2.05) is 43.3 Å². The molecule has 1 aromatic heterocycles. The minimum atomic E-state index is -1.05. The van der Waals surface area contributed by atoms with E-state index in [-0.39, 0.29) is 11.6 Å². The maximum atomic E-state index is 12.4. The van der Waals surface area contributed by atoms with Crippen LogP contribution >= 0.6 is 0 Å². The number of hydrogen-bond donors (Lipinski definition) is 2. The van der Waals surface area contributed by atoms with E-state index in [1.54, 1.807) is 19.9 Å². The van der Waals surface area contributed by atoms with Gasteiger partial charge in [0.1, 0.15) is 11.7 Å². The van der Waals surface area contributed by atoms with Crippen LogP contribution in [0, 0.1) is 5.92 Å². The van der Waals surface area contributed by atoms with E-state index in [0.29, 0.717) is 5.52 Å². The van der Waals surface area contributed by atoms with Crippen molar-refractivity contribution in [3.63, 3.8) is 0 Å². The monoisotopic (exact) mass is 315 g/mol. The summed E-state index contributed by atoms with van der Waals surface area (Å²) in [6.45, 7) is 3.50. The summed E-state index contributed by atoms with van der Waals surface area (Å²) in [6, 6.07) is 8.26. The van der Waals surface area contributed by atoms with Crippen LogP contribution in [0.3, 0.4) is 0 Å². The van der Waals surface area contributed by atoms with Crippen LogP contribution in [0.1, 0.15) is 24.3 Å². The lowest BCUT2D eigenvalue weighted by Crippen LogP contribution is -2.44. The SMILES string of the molecule is CC(C)[C@@H](NC(=O)c1cc(N(C)C)c2ccccc2n1)C(=O)O. The first-order valence-electron chi connectivity index (χ1n) is 7.42. The van der Waals surface area contributed by atoms with Crippen molar-refractivity contribution in [3.8, 4) is 0 Å². The molecule has 1 amide bonds. The van der Waals surface area contributed by atoms with Crippen LogP contribution in [0.4, 0.5) is 5.69 Å². The standard InChI is InChI=1S/C17H21N3O3/c1-10(2)15(17(22)23)19-16(21)13-9-14(20(3)4)11-7-5-6-8-12(11)18-13/h5-10,15H,1-4H3,(H,19,21)(H,22,23)/t15-/m1/s1. The van der Waals surface area contributed by atoms with Crippen LogP contribution in [0.2, 0.25) is 0 Å². The molecule has 122 valence electrons. The molecular formula is C17H21N3O3. The second kappa shape index (κ2) is 6.64. The number of carboxylic acids is 1. The van der Waals surface area contributed by atoms with E-state index in [4.69, 9.17) is 0 Å². The van der Waals surface area contributed by atoms with Gasteiger partial charge in [0.15, 0.2) is 0 Å². The van der Waals surface area contributed by atoms with Crippen molar-refractivity contribution in [2.45, 2.75) is 19.9 Å². The van der Waals surface area contributed by atoms with Crippen LogP contribution < -0.4 is 10.2 Å². The quantitative estimate of drug-likeness (QED) is 0.883. The Morgan fingerprint density at radius 1 is 1.22 bits per heavy atom. The van der Waals surface area contributed by atoms with Gasteiger partial charge in [0, 0.05) is 25.2 Å². The molecule has 6 nitrogen and oxygen atoms in total. The lowest BCUT2D eigenvalue weighted by Gasteiger charge is -2.19. The summed E-state index contributed by atoms with van der Waals surface area (Å²) < 4.78 is 0. The van der Waals surface area contributed by atoms with Gasteiger partial charge in [-0.15, -0.1) is 0 Å². The Kier molecular flexibility index (Phi) is 4.83. The highest BCUT2D eigenvalue weighted by atomic mass is 16.4. The third-order valence-electron chi connectivity index (χ3n) is 3.63. The molecule has 2 N–H and O–H groups in total. The second-order valence-electron chi connectivity index (χ2n) is 5.97. The van der Waals surface area contributed by atoms with Crippen LogP contribution in [-0.4, -0.2) is 42.1 Å². The van der Waals surface area contributed by atoms with Crippen molar-refractivity contribution in [2.24, 2.45) is 5.92 Å². The number of nitrogens with zero attached hydrogens (tertiary/aromatic N) is 2. The van der Waals surface area contributed by atoms with Crippen molar-refractivity contribution in [2.75, 3.05) is 19.0 Å². The fourth-order valence-corrected chi connectivity index (χ4v) is 2.37. The summed E-state index contributed by atoms with van der Waals surface area (Å²) in [4.78, 5) is 29.9. The molecule has 2 aromatic rings. The predicted molar refractivity (Wildman–Crippen MR) is 89.8 cm³/mol. The predicted octanol–water partition coefficient (Wildman–Crippen LogP) is 2.14. The molecule has 0 spiro atoms. The lowest BCUT2D eigenvalue weighted by atomic mass is 10.0. The van der Waals surface area contributed by atoms with Gasteiger partial charge in [-0.1, -0.05) is 32.0 Å². The zero-order chi connectivity index (χ0) is 17.1. The Labute approximate surface area is 135 Å². The third kappa shape index (κ3) is 3.59. The average Bonchev–Trinajstić information content (AvgIpc) is 2.50. The zero-order valence-corrected chi connectivity index (χ0v) is 13.7. The number of carbonyl (C=O) groups excluding carboxylic acids is 1. The summed E-state index contributed by atoms with van der Waals surface area (Å²) in [7, 11) is 3.77. The summed E-state index contributed by atoms with van der Waals surface area (Å²) in [5, 5.41) is 12.7. The number of pyridine rings is 1. The minimum Gasteiger partial charge on any atom is -0.480 e. The van der Waals surface area contributed by atoms with Gasteiger partial charge in [-0.2, -0.15) is 0 Å². The van der Waals surface area contributed by atoms with Gasteiger partial charge in [0.05, 0.1) is 5.52 Å². The Balaban J connectivity index is 2.43. The number of fused-ring (bicyclic) bond motifs is 1. The first kappa shape index (κ1) is 16.7. The highest BCUT2D eigenvalue weighted by molar-refractivity contribution is 6.01. The molecule has 0 bridgehead atoms. The van der Waals surface area contributed by atoms with Gasteiger partial charge in [0.2, 0.25) is 0 Å². The van der Waals surface area contributed by atoms with Crippen LogP contribution in [0.25, 0.3) is 10.9 Å². The van der Waals surface area contributed by atoms with Crippen molar-refractivity contribution < 1.29 is 14.7 Å². The molecule has 0 aliphatic carbocycles. The maximum Gasteiger partial charge on any atom is 0.326 e. The third-order valence-corrected chi connectivity index (χ3v) is 3.63. The van der Waals surface area contributed by atoms with Crippen molar-refractivity contribution in [1.29, 1.82) is 0 Å². The van der Waals surface area contributed by atoms with E-state index >= 15 is 0 Å². The fourth-order valence-electron chi connectivity index (χ4n) is 2.37. The Bertz CT molecular complexity index is 741. The number of benzene rings is 1. The molecule has 1 aromatic carbocycles. The molecule has 0 aliphatic rings. The van der Waals surface area contributed by atoms with Gasteiger partial charge in [-0.05, 0) is 18.1 Å². The van der Waals surface area contributed by atoms with E-state index < -0.39 is 17.9 Å². The molecule has 1 atom stereocenters. The molecule has 0 saturated carbocycles. The van der Waals surface area contributed by atoms with E-state index in [0.717, 1.165) is 11.1 Å². The largest absolute Gasteiger partial charge is 0.480 e. The molecule has 2 rings (SSSR count). The number of amides is 1. The molecule has 0 fully saturated rings. The maximum absolute atomic E-state index is 12.4. The number of aromatic nitrogens is 1. The molecule has 6 heteroatoms. The zero-order valence-electron chi connectivity index (χ0n) is 13.7. The fraction of sp³-hybridized carbons (Fsp3) is 0.353. The number of aliphatic carboxylic acids is 1. The number of carboxylic acid groups (broad SMARTS) is 1. The van der Waals surface area contributed by atoms with Crippen LogP contribution in [0.15, 0.2) is 30.3 Å². The number of anilines is 1. The average molecular weight is 315 g/mol. The van der Waals surface area contributed by atoms with Gasteiger partial charge < -0.3 is 15.3 Å². The highest BCUT2D eigenvalue weighted by Gasteiger charge is 2.25. The van der Waals surface area contributed by atoms with Gasteiger partial charge in [-0.3, -0.25) is 4.79 Å². The number of para-hydroxylation sites is 1. The van der Waals surface area contributed by atoms with E-state index in [9.17, 15) is 14.7 Å². The normalized spacial score (nSPS) is 12.2. The summed E-state index contributed by atoms with van der Waals surface area (Å²) in [5.41, 5.74) is 1.76.